The van der Waals surface area contributed by atoms with Crippen LogP contribution < -0.4 is 5.73 Å². The molecule has 1 aromatic carbocycles. The van der Waals surface area contributed by atoms with Crippen molar-refractivity contribution in [3.05, 3.63) is 59.9 Å². The predicted molar refractivity (Wildman–Crippen MR) is 77.4 cm³/mol. The molecule has 0 atom stereocenters. The molecule has 0 saturated heterocycles. The van der Waals surface area contributed by atoms with Crippen LogP contribution in [-0.2, 0) is 4.79 Å². The molecule has 0 radical (unpaired) electrons. The number of rotatable bonds is 3. The number of carbonyl (C=O) groups is 1. The van der Waals surface area contributed by atoms with Crippen molar-refractivity contribution in [2.45, 2.75) is 0 Å². The lowest BCUT2D eigenvalue weighted by molar-refractivity contribution is -0.112. The quantitative estimate of drug-likeness (QED) is 0.709. The van der Waals surface area contributed by atoms with Gasteiger partial charge in [0.2, 0.25) is 5.91 Å². The zero-order valence-corrected chi connectivity index (χ0v) is 10.6. The SMILES string of the molecule is NC(=O)C(=Cc1[nH]nc2ncccc12)c1ccccc1. The van der Waals surface area contributed by atoms with Gasteiger partial charge in [-0.25, -0.2) is 4.98 Å². The summed E-state index contributed by atoms with van der Waals surface area (Å²) in [5.74, 6) is -0.483. The number of aromatic amines is 1. The summed E-state index contributed by atoms with van der Waals surface area (Å²) in [5.41, 5.74) is 7.99. The second-order valence-electron chi connectivity index (χ2n) is 4.30. The molecule has 1 amide bonds. The topological polar surface area (TPSA) is 84.7 Å². The van der Waals surface area contributed by atoms with Crippen LogP contribution >= 0.6 is 0 Å². The van der Waals surface area contributed by atoms with E-state index in [1.807, 2.05) is 42.5 Å². The largest absolute Gasteiger partial charge is 0.366 e. The van der Waals surface area contributed by atoms with Gasteiger partial charge >= 0.3 is 0 Å². The summed E-state index contributed by atoms with van der Waals surface area (Å²) in [6, 6.07) is 13.0. The fourth-order valence-corrected chi connectivity index (χ4v) is 2.04. The molecule has 3 rings (SSSR count). The van der Waals surface area contributed by atoms with Crippen LogP contribution in [0.3, 0.4) is 0 Å². The molecular weight excluding hydrogens is 252 g/mol. The van der Waals surface area contributed by atoms with Crippen molar-refractivity contribution in [3.8, 4) is 0 Å². The maximum absolute atomic E-state index is 11.7. The minimum atomic E-state index is -0.483. The average molecular weight is 264 g/mol. The minimum absolute atomic E-state index is 0.431. The van der Waals surface area contributed by atoms with Gasteiger partial charge in [-0.15, -0.1) is 0 Å². The molecule has 5 nitrogen and oxygen atoms in total. The van der Waals surface area contributed by atoms with Gasteiger partial charge in [0.15, 0.2) is 5.65 Å². The number of carbonyl (C=O) groups excluding carboxylic acids is 1. The maximum atomic E-state index is 11.7. The van der Waals surface area contributed by atoms with Crippen LogP contribution in [0.2, 0.25) is 0 Å². The zero-order chi connectivity index (χ0) is 13.9. The van der Waals surface area contributed by atoms with Gasteiger partial charge in [-0.3, -0.25) is 9.89 Å². The van der Waals surface area contributed by atoms with Crippen molar-refractivity contribution in [3.63, 3.8) is 0 Å². The number of nitrogens with zero attached hydrogens (tertiary/aromatic N) is 2. The van der Waals surface area contributed by atoms with Crippen LogP contribution in [0.15, 0.2) is 48.7 Å². The van der Waals surface area contributed by atoms with E-state index in [0.29, 0.717) is 16.9 Å². The second-order valence-corrected chi connectivity index (χ2v) is 4.30. The number of aromatic nitrogens is 3. The smallest absolute Gasteiger partial charge is 0.249 e. The van der Waals surface area contributed by atoms with E-state index in [1.54, 1.807) is 12.3 Å². The Morgan fingerprint density at radius 3 is 2.70 bits per heavy atom. The van der Waals surface area contributed by atoms with Crippen LogP contribution in [-0.4, -0.2) is 21.1 Å². The van der Waals surface area contributed by atoms with Crippen molar-refractivity contribution in [2.24, 2.45) is 5.73 Å². The summed E-state index contributed by atoms with van der Waals surface area (Å²) < 4.78 is 0. The second kappa shape index (κ2) is 4.97. The van der Waals surface area contributed by atoms with Crippen LogP contribution in [0.1, 0.15) is 11.3 Å². The molecule has 5 heteroatoms. The molecule has 0 aliphatic heterocycles. The van der Waals surface area contributed by atoms with E-state index >= 15 is 0 Å². The highest BCUT2D eigenvalue weighted by molar-refractivity contribution is 6.24. The standard InChI is InChI=1S/C15H12N4O/c16-14(20)12(10-5-2-1-3-6-10)9-13-11-7-4-8-17-15(11)19-18-13/h1-9H,(H2,16,20)(H,17,18,19). The molecular formula is C15H12N4O. The highest BCUT2D eigenvalue weighted by Crippen LogP contribution is 2.21. The highest BCUT2D eigenvalue weighted by Gasteiger charge is 2.10. The lowest BCUT2D eigenvalue weighted by atomic mass is 10.0. The summed E-state index contributed by atoms with van der Waals surface area (Å²) in [5, 5.41) is 7.81. The van der Waals surface area contributed by atoms with E-state index in [-0.39, 0.29) is 0 Å². The summed E-state index contributed by atoms with van der Waals surface area (Å²) in [4.78, 5) is 15.8. The fraction of sp³-hybridized carbons (Fsp3) is 0. The van der Waals surface area contributed by atoms with Gasteiger partial charge in [-0.1, -0.05) is 30.3 Å². The fourth-order valence-electron chi connectivity index (χ4n) is 2.04. The predicted octanol–water partition coefficient (Wildman–Crippen LogP) is 1.98. The first kappa shape index (κ1) is 12.1. The number of fused-ring (bicyclic) bond motifs is 1. The molecule has 0 bridgehead atoms. The van der Waals surface area contributed by atoms with E-state index in [0.717, 1.165) is 10.9 Å². The van der Waals surface area contributed by atoms with Gasteiger partial charge in [0, 0.05) is 17.2 Å². The lowest BCUT2D eigenvalue weighted by Crippen LogP contribution is -2.12. The van der Waals surface area contributed by atoms with E-state index in [9.17, 15) is 4.79 Å². The van der Waals surface area contributed by atoms with Crippen molar-refractivity contribution < 1.29 is 4.79 Å². The van der Waals surface area contributed by atoms with Crippen molar-refractivity contribution in [2.75, 3.05) is 0 Å². The van der Waals surface area contributed by atoms with Crippen molar-refractivity contribution in [1.82, 2.24) is 15.2 Å². The molecule has 0 unspecified atom stereocenters. The number of nitrogens with one attached hydrogen (secondary N) is 1. The maximum Gasteiger partial charge on any atom is 0.249 e. The number of H-pyrrole nitrogens is 1. The number of hydrogen-bond donors (Lipinski definition) is 2. The third-order valence-corrected chi connectivity index (χ3v) is 3.00. The molecule has 0 aliphatic rings. The van der Waals surface area contributed by atoms with Gasteiger partial charge in [0.1, 0.15) is 0 Å². The molecule has 0 spiro atoms. The molecule has 0 aliphatic carbocycles. The molecule has 0 fully saturated rings. The van der Waals surface area contributed by atoms with E-state index in [2.05, 4.69) is 15.2 Å². The normalized spacial score (nSPS) is 11.7. The molecule has 2 aromatic heterocycles. The molecule has 2 heterocycles. The Balaban J connectivity index is 2.15. The van der Waals surface area contributed by atoms with Gasteiger partial charge < -0.3 is 5.73 Å². The number of pyridine rings is 1. The minimum Gasteiger partial charge on any atom is -0.366 e. The summed E-state index contributed by atoms with van der Waals surface area (Å²) in [6.07, 6.45) is 3.37. The Morgan fingerprint density at radius 2 is 1.95 bits per heavy atom. The molecule has 3 aromatic rings. The average Bonchev–Trinajstić information content (AvgIpc) is 2.88. The zero-order valence-electron chi connectivity index (χ0n) is 10.6. The van der Waals surface area contributed by atoms with E-state index in [4.69, 9.17) is 5.73 Å². The van der Waals surface area contributed by atoms with E-state index in [1.165, 1.54) is 0 Å². The first-order valence-corrected chi connectivity index (χ1v) is 6.12. The van der Waals surface area contributed by atoms with Crippen LogP contribution in [0, 0.1) is 0 Å². The van der Waals surface area contributed by atoms with Gasteiger partial charge in [-0.2, -0.15) is 5.10 Å². The monoisotopic (exact) mass is 264 g/mol. The number of amides is 1. The Bertz CT molecular complexity index is 790. The summed E-state index contributed by atoms with van der Waals surface area (Å²) >= 11 is 0. The van der Waals surface area contributed by atoms with Gasteiger partial charge in [-0.05, 0) is 23.8 Å². The van der Waals surface area contributed by atoms with Crippen molar-refractivity contribution >= 4 is 28.6 Å². The van der Waals surface area contributed by atoms with Gasteiger partial charge in [0.05, 0.1) is 5.69 Å². The van der Waals surface area contributed by atoms with Crippen LogP contribution in [0.4, 0.5) is 0 Å². The van der Waals surface area contributed by atoms with Crippen LogP contribution in [0.25, 0.3) is 22.7 Å². The Labute approximate surface area is 115 Å². The number of hydrogen-bond acceptors (Lipinski definition) is 3. The summed E-state index contributed by atoms with van der Waals surface area (Å²) in [7, 11) is 0. The Kier molecular flexibility index (Phi) is 3.01. The lowest BCUT2D eigenvalue weighted by Gasteiger charge is -2.02. The third kappa shape index (κ3) is 2.16. The van der Waals surface area contributed by atoms with Gasteiger partial charge in [0.25, 0.3) is 0 Å². The molecule has 20 heavy (non-hydrogen) atoms. The molecule has 3 N–H and O–H groups in total. The first-order chi connectivity index (χ1) is 9.75. The van der Waals surface area contributed by atoms with Crippen LogP contribution in [0.5, 0.6) is 0 Å². The number of primary amides is 1. The number of nitrogens with two attached hydrogens (primary N) is 1. The number of benzene rings is 1. The summed E-state index contributed by atoms with van der Waals surface area (Å²) in [6.45, 7) is 0. The molecule has 0 saturated carbocycles. The Morgan fingerprint density at radius 1 is 1.15 bits per heavy atom. The highest BCUT2D eigenvalue weighted by atomic mass is 16.1. The Hall–Kier alpha value is -2.95. The van der Waals surface area contributed by atoms with Crippen molar-refractivity contribution in [1.29, 1.82) is 0 Å². The third-order valence-electron chi connectivity index (χ3n) is 3.00. The van der Waals surface area contributed by atoms with E-state index < -0.39 is 5.91 Å². The molecule has 98 valence electrons. The first-order valence-electron chi connectivity index (χ1n) is 6.12.